The van der Waals surface area contributed by atoms with Gasteiger partial charge in [0.2, 0.25) is 0 Å². The molecule has 1 amide bonds. The number of hydrogen-bond acceptors (Lipinski definition) is 5. The van der Waals surface area contributed by atoms with Gasteiger partial charge in [-0.1, -0.05) is 24.3 Å². The molecule has 2 rings (SSSR count). The van der Waals surface area contributed by atoms with E-state index in [1.54, 1.807) is 36.4 Å². The maximum Gasteiger partial charge on any atom is 0.331 e. The number of ether oxygens (including phenoxy) is 2. The zero-order valence-electron chi connectivity index (χ0n) is 13.9. The summed E-state index contributed by atoms with van der Waals surface area (Å²) in [5.41, 5.74) is 1.27. The second-order valence-electron chi connectivity index (χ2n) is 5.20. The highest BCUT2D eigenvalue weighted by molar-refractivity contribution is 5.96. The van der Waals surface area contributed by atoms with Gasteiger partial charge in [0.05, 0.1) is 7.11 Å². The highest BCUT2D eigenvalue weighted by Crippen LogP contribution is 2.26. The molecule has 6 nitrogen and oxygen atoms in total. The third-order valence-corrected chi connectivity index (χ3v) is 3.32. The van der Waals surface area contributed by atoms with Crippen LogP contribution in [0.5, 0.6) is 11.5 Å². The van der Waals surface area contributed by atoms with Gasteiger partial charge in [0.25, 0.3) is 5.91 Å². The number of methoxy groups -OCH3 is 1. The molecule has 0 saturated carbocycles. The van der Waals surface area contributed by atoms with Gasteiger partial charge in [0, 0.05) is 11.8 Å². The Morgan fingerprint density at radius 3 is 2.56 bits per heavy atom. The standard InChI is InChI=1S/C19H19NO5/c1-13(19(23)20-15-6-4-3-5-7-15)25-18(22)11-9-14-8-10-16(21)17(12-14)24-2/h3-13,21H,1-2H3,(H,20,23)/b11-9+/t13-/m0/s1. The van der Waals surface area contributed by atoms with E-state index in [-0.39, 0.29) is 5.75 Å². The molecule has 2 aromatic carbocycles. The summed E-state index contributed by atoms with van der Waals surface area (Å²) in [5.74, 6) is -0.762. The number of esters is 1. The number of carbonyl (C=O) groups is 2. The Labute approximate surface area is 145 Å². The third-order valence-electron chi connectivity index (χ3n) is 3.32. The molecular weight excluding hydrogens is 322 g/mol. The van der Waals surface area contributed by atoms with E-state index in [1.165, 1.54) is 32.3 Å². The zero-order valence-corrected chi connectivity index (χ0v) is 13.9. The summed E-state index contributed by atoms with van der Waals surface area (Å²) in [6.45, 7) is 1.49. The Bertz CT molecular complexity index is 771. The van der Waals surface area contributed by atoms with E-state index < -0.39 is 18.0 Å². The van der Waals surface area contributed by atoms with Crippen LogP contribution < -0.4 is 10.1 Å². The molecule has 0 unspecified atom stereocenters. The predicted octanol–water partition coefficient (Wildman–Crippen LogP) is 2.98. The van der Waals surface area contributed by atoms with Crippen molar-refractivity contribution in [2.24, 2.45) is 0 Å². The van der Waals surface area contributed by atoms with Gasteiger partial charge in [-0.3, -0.25) is 4.79 Å². The van der Waals surface area contributed by atoms with Crippen LogP contribution in [0.25, 0.3) is 6.08 Å². The molecule has 6 heteroatoms. The Kier molecular flexibility index (Phi) is 6.17. The summed E-state index contributed by atoms with van der Waals surface area (Å²) in [6, 6.07) is 13.6. The lowest BCUT2D eigenvalue weighted by molar-refractivity contribution is -0.148. The molecule has 0 fully saturated rings. The largest absolute Gasteiger partial charge is 0.504 e. The number of phenols is 1. The number of para-hydroxylation sites is 1. The monoisotopic (exact) mass is 341 g/mol. The fraction of sp³-hybridized carbons (Fsp3) is 0.158. The van der Waals surface area contributed by atoms with E-state index in [0.717, 1.165) is 0 Å². The molecule has 0 radical (unpaired) electrons. The molecular formula is C19H19NO5. The van der Waals surface area contributed by atoms with E-state index in [9.17, 15) is 14.7 Å². The van der Waals surface area contributed by atoms with Crippen LogP contribution in [0.3, 0.4) is 0 Å². The summed E-state index contributed by atoms with van der Waals surface area (Å²) in [5, 5.41) is 12.2. The van der Waals surface area contributed by atoms with Crippen molar-refractivity contribution in [3.05, 3.63) is 60.2 Å². The van der Waals surface area contributed by atoms with Gasteiger partial charge >= 0.3 is 5.97 Å². The molecule has 0 aliphatic heterocycles. The van der Waals surface area contributed by atoms with Crippen molar-refractivity contribution < 1.29 is 24.2 Å². The lowest BCUT2D eigenvalue weighted by atomic mass is 10.2. The number of phenolic OH excluding ortho intramolecular Hbond substituents is 1. The normalized spacial score (nSPS) is 11.8. The number of hydrogen-bond donors (Lipinski definition) is 2. The van der Waals surface area contributed by atoms with Crippen molar-refractivity contribution >= 4 is 23.6 Å². The maximum atomic E-state index is 12.0. The molecule has 2 aromatic rings. The van der Waals surface area contributed by atoms with Crippen LogP contribution in [0.2, 0.25) is 0 Å². The Morgan fingerprint density at radius 1 is 1.16 bits per heavy atom. The third kappa shape index (κ3) is 5.39. The first-order valence-electron chi connectivity index (χ1n) is 7.61. The first-order valence-corrected chi connectivity index (χ1v) is 7.61. The Balaban J connectivity index is 1.91. The topological polar surface area (TPSA) is 84.9 Å². The fourth-order valence-corrected chi connectivity index (χ4v) is 1.99. The van der Waals surface area contributed by atoms with Crippen molar-refractivity contribution in [3.63, 3.8) is 0 Å². The second-order valence-corrected chi connectivity index (χ2v) is 5.20. The fourth-order valence-electron chi connectivity index (χ4n) is 1.99. The minimum Gasteiger partial charge on any atom is -0.504 e. The summed E-state index contributed by atoms with van der Waals surface area (Å²) >= 11 is 0. The summed E-state index contributed by atoms with van der Waals surface area (Å²) in [6.07, 6.45) is 1.77. The molecule has 130 valence electrons. The lowest BCUT2D eigenvalue weighted by Crippen LogP contribution is -2.29. The molecule has 0 saturated heterocycles. The number of carbonyl (C=O) groups excluding carboxylic acids is 2. The number of aromatic hydroxyl groups is 1. The van der Waals surface area contributed by atoms with Gasteiger partial charge in [-0.05, 0) is 42.8 Å². The van der Waals surface area contributed by atoms with Gasteiger partial charge in [0.15, 0.2) is 17.6 Å². The van der Waals surface area contributed by atoms with Crippen LogP contribution in [0, 0.1) is 0 Å². The van der Waals surface area contributed by atoms with Crippen molar-refractivity contribution in [2.45, 2.75) is 13.0 Å². The first kappa shape index (κ1) is 18.1. The Morgan fingerprint density at radius 2 is 1.88 bits per heavy atom. The second kappa shape index (κ2) is 8.54. The molecule has 0 spiro atoms. The maximum absolute atomic E-state index is 12.0. The molecule has 0 bridgehead atoms. The zero-order chi connectivity index (χ0) is 18.2. The summed E-state index contributed by atoms with van der Waals surface area (Å²) in [4.78, 5) is 23.8. The molecule has 0 aliphatic rings. The number of rotatable bonds is 6. The number of anilines is 1. The minimum atomic E-state index is -0.938. The van der Waals surface area contributed by atoms with Crippen LogP contribution in [-0.4, -0.2) is 30.2 Å². The van der Waals surface area contributed by atoms with E-state index in [2.05, 4.69) is 5.32 Å². The van der Waals surface area contributed by atoms with Crippen LogP contribution in [0.1, 0.15) is 12.5 Å². The average Bonchev–Trinajstić information content (AvgIpc) is 2.61. The van der Waals surface area contributed by atoms with Crippen LogP contribution >= 0.6 is 0 Å². The summed E-state index contributed by atoms with van der Waals surface area (Å²) in [7, 11) is 1.43. The molecule has 1 atom stereocenters. The SMILES string of the molecule is COc1cc(/C=C/C(=O)O[C@@H](C)C(=O)Nc2ccccc2)ccc1O. The summed E-state index contributed by atoms with van der Waals surface area (Å²) < 4.78 is 10.1. The van der Waals surface area contributed by atoms with Gasteiger partial charge in [-0.2, -0.15) is 0 Å². The van der Waals surface area contributed by atoms with E-state index in [0.29, 0.717) is 17.0 Å². The lowest BCUT2D eigenvalue weighted by Gasteiger charge is -2.12. The molecule has 0 aliphatic carbocycles. The number of nitrogens with one attached hydrogen (secondary N) is 1. The molecule has 0 heterocycles. The minimum absolute atomic E-state index is 0.00781. The van der Waals surface area contributed by atoms with Crippen molar-refractivity contribution in [1.29, 1.82) is 0 Å². The van der Waals surface area contributed by atoms with Gasteiger partial charge in [-0.15, -0.1) is 0 Å². The predicted molar refractivity (Wildman–Crippen MR) is 94.3 cm³/mol. The number of amides is 1. The van der Waals surface area contributed by atoms with E-state index in [4.69, 9.17) is 9.47 Å². The van der Waals surface area contributed by atoms with Crippen LogP contribution in [0.4, 0.5) is 5.69 Å². The van der Waals surface area contributed by atoms with Crippen molar-refractivity contribution in [1.82, 2.24) is 0 Å². The number of benzene rings is 2. The van der Waals surface area contributed by atoms with Gasteiger partial charge < -0.3 is 19.9 Å². The Hall–Kier alpha value is -3.28. The van der Waals surface area contributed by atoms with E-state index >= 15 is 0 Å². The quantitative estimate of drug-likeness (QED) is 0.623. The van der Waals surface area contributed by atoms with Crippen LogP contribution in [0.15, 0.2) is 54.6 Å². The highest BCUT2D eigenvalue weighted by Gasteiger charge is 2.16. The van der Waals surface area contributed by atoms with Crippen LogP contribution in [-0.2, 0) is 14.3 Å². The van der Waals surface area contributed by atoms with Crippen molar-refractivity contribution in [2.75, 3.05) is 12.4 Å². The van der Waals surface area contributed by atoms with Gasteiger partial charge in [-0.25, -0.2) is 4.79 Å². The van der Waals surface area contributed by atoms with Gasteiger partial charge in [0.1, 0.15) is 0 Å². The smallest absolute Gasteiger partial charge is 0.331 e. The molecule has 25 heavy (non-hydrogen) atoms. The average molecular weight is 341 g/mol. The van der Waals surface area contributed by atoms with Crippen molar-refractivity contribution in [3.8, 4) is 11.5 Å². The molecule has 0 aromatic heterocycles. The highest BCUT2D eigenvalue weighted by atomic mass is 16.5. The molecule has 2 N–H and O–H groups in total. The van der Waals surface area contributed by atoms with E-state index in [1.807, 2.05) is 6.07 Å². The first-order chi connectivity index (χ1) is 12.0.